The van der Waals surface area contributed by atoms with E-state index in [-0.39, 0.29) is 16.5 Å². The van der Waals surface area contributed by atoms with Gasteiger partial charge in [-0.15, -0.1) is 11.3 Å². The molecule has 0 saturated heterocycles. The SMILES string of the molecule is N#CN=c1c2cc(-c3ccc(C(F)(F)F)c(F)c3)ccc2c2c1sc1c(=N)c3cc(-c4ccc(C(F)(F)F)c(F)c4)ccc3c12. The highest BCUT2D eigenvalue weighted by atomic mass is 32.1. The van der Waals surface area contributed by atoms with Crippen molar-refractivity contribution in [1.82, 2.24) is 0 Å². The lowest BCUT2D eigenvalue weighted by molar-refractivity contribution is -0.140. The van der Waals surface area contributed by atoms with E-state index in [1.165, 1.54) is 17.4 Å². The zero-order valence-corrected chi connectivity index (χ0v) is 23.1. The number of rotatable bonds is 2. The Morgan fingerprint density at radius 3 is 1.53 bits per heavy atom. The number of hydrogen-bond donors (Lipinski definition) is 1. The summed E-state index contributed by atoms with van der Waals surface area (Å²) in [4.78, 5) is 4.01. The van der Waals surface area contributed by atoms with E-state index in [1.807, 2.05) is 0 Å². The number of fused-ring (bicyclic) bond motifs is 7. The minimum absolute atomic E-state index is 0.142. The summed E-state index contributed by atoms with van der Waals surface area (Å²) in [6.45, 7) is 0. The predicted molar refractivity (Wildman–Crippen MR) is 155 cm³/mol. The molecule has 0 fully saturated rings. The fourth-order valence-electron chi connectivity index (χ4n) is 5.83. The van der Waals surface area contributed by atoms with E-state index in [2.05, 4.69) is 4.99 Å². The number of hydrogen-bond acceptors (Lipinski definition) is 4. The van der Waals surface area contributed by atoms with Gasteiger partial charge in [0, 0.05) is 21.5 Å². The van der Waals surface area contributed by atoms with Gasteiger partial charge in [0.15, 0.2) is 0 Å². The second-order valence-electron chi connectivity index (χ2n) is 10.4. The van der Waals surface area contributed by atoms with Crippen molar-refractivity contribution in [1.29, 1.82) is 10.7 Å². The average Bonchev–Trinajstić information content (AvgIpc) is 3.58. The average molecular weight is 636 g/mol. The van der Waals surface area contributed by atoms with Crippen molar-refractivity contribution in [2.45, 2.75) is 12.4 Å². The Balaban J connectivity index is 1.42. The van der Waals surface area contributed by atoms with Gasteiger partial charge < -0.3 is 0 Å². The lowest BCUT2D eigenvalue weighted by Crippen LogP contribution is -2.07. The molecule has 0 radical (unpaired) electrons. The van der Waals surface area contributed by atoms with Gasteiger partial charge in [-0.05, 0) is 69.4 Å². The third-order valence-corrected chi connectivity index (χ3v) is 9.04. The zero-order valence-electron chi connectivity index (χ0n) is 22.3. The lowest BCUT2D eigenvalue weighted by atomic mass is 9.99. The second-order valence-corrected chi connectivity index (χ2v) is 11.4. The van der Waals surface area contributed by atoms with Crippen molar-refractivity contribution in [3.63, 3.8) is 0 Å². The third kappa shape index (κ3) is 4.37. The van der Waals surface area contributed by atoms with E-state index in [1.54, 1.807) is 42.6 Å². The maximum Gasteiger partial charge on any atom is 0.419 e. The smallest absolute Gasteiger partial charge is 0.299 e. The molecule has 1 N–H and O–H groups in total. The van der Waals surface area contributed by atoms with E-state index in [0.717, 1.165) is 18.2 Å². The topological polar surface area (TPSA) is 60.0 Å². The number of alkyl halides is 6. The van der Waals surface area contributed by atoms with Crippen LogP contribution in [0.4, 0.5) is 35.1 Å². The van der Waals surface area contributed by atoms with Crippen molar-refractivity contribution < 1.29 is 35.1 Å². The van der Waals surface area contributed by atoms with Gasteiger partial charge in [0.05, 0.1) is 25.9 Å². The van der Waals surface area contributed by atoms with Crippen molar-refractivity contribution >= 4 is 53.1 Å². The Bertz CT molecular complexity index is 2520. The summed E-state index contributed by atoms with van der Waals surface area (Å²) in [5.41, 5.74) is -1.54. The van der Waals surface area contributed by atoms with Crippen LogP contribution in [0.3, 0.4) is 0 Å². The van der Waals surface area contributed by atoms with Crippen LogP contribution in [-0.4, -0.2) is 0 Å². The van der Waals surface area contributed by atoms with Gasteiger partial charge in [0.2, 0.25) is 6.19 Å². The van der Waals surface area contributed by atoms with Gasteiger partial charge in [0.1, 0.15) is 17.0 Å². The van der Waals surface area contributed by atoms with Crippen LogP contribution in [0.15, 0.2) is 77.8 Å². The largest absolute Gasteiger partial charge is 0.419 e. The molecule has 0 atom stereocenters. The summed E-state index contributed by atoms with van der Waals surface area (Å²) >= 11 is 1.22. The predicted octanol–water partition coefficient (Wildman–Crippen LogP) is 9.75. The van der Waals surface area contributed by atoms with Crippen LogP contribution in [0.1, 0.15) is 11.1 Å². The molecule has 1 aromatic heterocycles. The highest BCUT2D eigenvalue weighted by Crippen LogP contribution is 2.43. The van der Waals surface area contributed by atoms with Gasteiger partial charge in [-0.1, -0.05) is 36.4 Å². The van der Waals surface area contributed by atoms with Crippen LogP contribution in [-0.2, 0) is 12.4 Å². The number of nitriles is 1. The molecule has 0 spiro atoms. The fourth-order valence-corrected chi connectivity index (χ4v) is 7.13. The normalized spacial score (nSPS) is 13.1. The molecule has 1 heterocycles. The monoisotopic (exact) mass is 635 g/mol. The maximum absolute atomic E-state index is 14.3. The Hall–Kier alpha value is -5.15. The van der Waals surface area contributed by atoms with Crippen LogP contribution >= 0.6 is 11.3 Å². The quantitative estimate of drug-likeness (QED) is 0.149. The molecule has 0 aliphatic heterocycles. The Kier molecular flexibility index (Phi) is 6.15. The first-order valence-electron chi connectivity index (χ1n) is 13.0. The molecule has 0 aliphatic rings. The van der Waals surface area contributed by atoms with Gasteiger partial charge in [-0.25, -0.2) is 8.78 Å². The molecule has 45 heavy (non-hydrogen) atoms. The van der Waals surface area contributed by atoms with Gasteiger partial charge in [0.25, 0.3) is 0 Å². The summed E-state index contributed by atoms with van der Waals surface area (Å²) in [6.07, 6.45) is -7.91. The van der Waals surface area contributed by atoms with Crippen molar-refractivity contribution in [3.8, 4) is 28.4 Å². The zero-order chi connectivity index (χ0) is 32.0. The van der Waals surface area contributed by atoms with Crippen LogP contribution in [0.2, 0.25) is 0 Å². The fraction of sp³-hybridized carbons (Fsp3) is 0.0606. The molecular formula is C33H13F8N3S. The molecule has 6 aromatic carbocycles. The highest BCUT2D eigenvalue weighted by molar-refractivity contribution is 7.26. The summed E-state index contributed by atoms with van der Waals surface area (Å²) in [7, 11) is 0. The standard InChI is InChI=1S/C33H13F8N3S/c34-24-11-16(3-7-22(24)32(36,37)38)14-1-5-18-20(9-14)28(43)30-26(18)27-19-6-2-15(10-21(19)29(44-13-42)31(27)45-30)17-4-8-23(25(35)12-17)33(39,40)41/h1-12,43H. The van der Waals surface area contributed by atoms with Crippen molar-refractivity contribution in [2.75, 3.05) is 0 Å². The van der Waals surface area contributed by atoms with E-state index in [0.29, 0.717) is 70.3 Å². The second kappa shape index (κ2) is 9.67. The summed E-state index contributed by atoms with van der Waals surface area (Å²) in [5, 5.41) is 22.5. The summed E-state index contributed by atoms with van der Waals surface area (Å²) in [6, 6.07) is 15.1. The number of benzene rings is 4. The molecule has 7 rings (SSSR count). The molecule has 0 unspecified atom stereocenters. The van der Waals surface area contributed by atoms with Gasteiger partial charge >= 0.3 is 12.4 Å². The van der Waals surface area contributed by atoms with E-state index in [9.17, 15) is 40.4 Å². The number of thiophene rings is 1. The van der Waals surface area contributed by atoms with Crippen molar-refractivity contribution in [2.24, 2.45) is 4.99 Å². The molecule has 0 aliphatic carbocycles. The molecule has 222 valence electrons. The number of nitrogens with one attached hydrogen (secondary N) is 1. The first-order chi connectivity index (χ1) is 21.3. The molecule has 3 nitrogen and oxygen atoms in total. The first-order valence-corrected chi connectivity index (χ1v) is 13.9. The Morgan fingerprint density at radius 1 is 0.600 bits per heavy atom. The van der Waals surface area contributed by atoms with Crippen LogP contribution in [0.25, 0.3) is 64.0 Å². The molecule has 0 bridgehead atoms. The van der Waals surface area contributed by atoms with Crippen molar-refractivity contribution in [3.05, 3.63) is 106 Å². The molecule has 12 heteroatoms. The highest BCUT2D eigenvalue weighted by Gasteiger charge is 2.35. The summed E-state index contributed by atoms with van der Waals surface area (Å²) in [5.74, 6) is -2.83. The third-order valence-electron chi connectivity index (χ3n) is 7.83. The minimum Gasteiger partial charge on any atom is -0.299 e. The molecular weight excluding hydrogens is 622 g/mol. The minimum atomic E-state index is -4.85. The maximum atomic E-state index is 14.3. The van der Waals surface area contributed by atoms with E-state index in [4.69, 9.17) is 5.41 Å². The van der Waals surface area contributed by atoms with Crippen LogP contribution in [0, 0.1) is 28.5 Å². The van der Waals surface area contributed by atoms with Gasteiger partial charge in [-0.2, -0.15) is 36.6 Å². The molecule has 0 amide bonds. The van der Waals surface area contributed by atoms with Crippen LogP contribution < -0.4 is 10.7 Å². The van der Waals surface area contributed by atoms with Gasteiger partial charge in [-0.3, -0.25) is 5.41 Å². The van der Waals surface area contributed by atoms with Crippen LogP contribution in [0.5, 0.6) is 0 Å². The molecule has 7 aromatic rings. The summed E-state index contributed by atoms with van der Waals surface area (Å²) < 4.78 is 108. The number of nitrogens with zero attached hydrogens (tertiary/aromatic N) is 2. The first kappa shape index (κ1) is 28.6. The Labute approximate surface area is 250 Å². The lowest BCUT2D eigenvalue weighted by Gasteiger charge is -2.10. The number of halogens is 8. The van der Waals surface area contributed by atoms with E-state index >= 15 is 0 Å². The Morgan fingerprint density at radius 2 is 1.04 bits per heavy atom. The molecule has 0 saturated carbocycles. The van der Waals surface area contributed by atoms with E-state index < -0.39 is 35.1 Å².